The lowest BCUT2D eigenvalue weighted by Gasteiger charge is -1.96. The van der Waals surface area contributed by atoms with E-state index in [1.807, 2.05) is 0 Å². The Bertz CT molecular complexity index is 640. The zero-order valence-corrected chi connectivity index (χ0v) is 10.1. The number of fused-ring (bicyclic) bond motifs is 1. The van der Waals surface area contributed by atoms with Gasteiger partial charge in [-0.1, -0.05) is 0 Å². The van der Waals surface area contributed by atoms with Gasteiger partial charge >= 0.3 is 11.7 Å². The van der Waals surface area contributed by atoms with Gasteiger partial charge in [0.15, 0.2) is 4.98 Å². The Morgan fingerprint density at radius 3 is 2.89 bits per heavy atom. The minimum Gasteiger partial charge on any atom is -0.497 e. The molecule has 1 heterocycles. The van der Waals surface area contributed by atoms with E-state index in [2.05, 4.69) is 9.96 Å². The molecule has 0 spiro atoms. The van der Waals surface area contributed by atoms with Crippen molar-refractivity contribution < 1.29 is 14.3 Å². The van der Waals surface area contributed by atoms with Gasteiger partial charge in [0, 0.05) is 0 Å². The molecule has 1 aromatic heterocycles. The maximum absolute atomic E-state index is 11.7. The SMILES string of the molecule is CCOC(=O)c1[nH]c2ccc(OC)cc2c1[N+]#N. The standard InChI is InChI=1S/C12H11N3O3/c1-3-18-12(16)11-10(15-13)8-6-7(17-2)4-5-9(8)14-11/h4-6H,3H2,1-2H3/p+1. The molecule has 0 fully saturated rings. The van der Waals surface area contributed by atoms with Gasteiger partial charge in [-0.2, -0.15) is 0 Å². The Morgan fingerprint density at radius 2 is 2.28 bits per heavy atom. The van der Waals surface area contributed by atoms with E-state index < -0.39 is 5.97 Å². The average Bonchev–Trinajstić information content (AvgIpc) is 2.76. The maximum atomic E-state index is 11.7. The average molecular weight is 246 g/mol. The van der Waals surface area contributed by atoms with Crippen LogP contribution in [-0.2, 0) is 4.74 Å². The molecule has 1 aromatic carbocycles. The molecule has 6 heteroatoms. The van der Waals surface area contributed by atoms with Gasteiger partial charge in [0.1, 0.15) is 5.75 Å². The van der Waals surface area contributed by atoms with Crippen LogP contribution in [0.25, 0.3) is 15.9 Å². The molecule has 0 bridgehead atoms. The van der Waals surface area contributed by atoms with Crippen molar-refractivity contribution in [2.75, 3.05) is 13.7 Å². The number of esters is 1. The van der Waals surface area contributed by atoms with Crippen molar-refractivity contribution in [3.63, 3.8) is 0 Å². The summed E-state index contributed by atoms with van der Waals surface area (Å²) in [6.07, 6.45) is 0. The lowest BCUT2D eigenvalue weighted by atomic mass is 10.2. The summed E-state index contributed by atoms with van der Waals surface area (Å²) < 4.78 is 9.97. The van der Waals surface area contributed by atoms with E-state index in [0.29, 0.717) is 16.7 Å². The van der Waals surface area contributed by atoms with Crippen molar-refractivity contribution in [3.8, 4) is 5.75 Å². The number of diazo groups is 1. The van der Waals surface area contributed by atoms with Crippen LogP contribution in [0.5, 0.6) is 5.75 Å². The van der Waals surface area contributed by atoms with Crippen LogP contribution in [0, 0.1) is 5.39 Å². The third-order valence-corrected chi connectivity index (χ3v) is 2.56. The van der Waals surface area contributed by atoms with E-state index in [4.69, 9.17) is 14.9 Å². The van der Waals surface area contributed by atoms with E-state index in [0.717, 1.165) is 0 Å². The summed E-state index contributed by atoms with van der Waals surface area (Å²) in [4.78, 5) is 17.7. The molecule has 0 saturated heterocycles. The topological polar surface area (TPSA) is 79.5 Å². The summed E-state index contributed by atoms with van der Waals surface area (Å²) in [6.45, 7) is 1.96. The second kappa shape index (κ2) is 4.75. The van der Waals surface area contributed by atoms with Crippen molar-refractivity contribution in [2.45, 2.75) is 6.92 Å². The third kappa shape index (κ3) is 1.86. The summed E-state index contributed by atoms with van der Waals surface area (Å²) in [7, 11) is 1.54. The molecule has 2 aromatic rings. The van der Waals surface area contributed by atoms with Crippen molar-refractivity contribution in [1.82, 2.24) is 4.98 Å². The van der Waals surface area contributed by atoms with Crippen molar-refractivity contribution in [3.05, 3.63) is 28.9 Å². The fourth-order valence-corrected chi connectivity index (χ4v) is 1.74. The molecule has 0 radical (unpaired) electrons. The minimum atomic E-state index is -0.555. The number of carbonyl (C=O) groups is 1. The summed E-state index contributed by atoms with van der Waals surface area (Å²) in [6, 6.07) is 5.17. The number of hydrogen-bond acceptors (Lipinski definition) is 4. The third-order valence-electron chi connectivity index (χ3n) is 2.56. The Kier molecular flexibility index (Phi) is 3.15. The highest BCUT2D eigenvalue weighted by molar-refractivity contribution is 6.06. The van der Waals surface area contributed by atoms with Gasteiger partial charge in [-0.25, -0.2) is 4.79 Å². The molecule has 2 rings (SSSR count). The van der Waals surface area contributed by atoms with Gasteiger partial charge in [-0.15, -0.1) is 0 Å². The molecule has 0 unspecified atom stereocenters. The van der Waals surface area contributed by atoms with Crippen LogP contribution in [0.4, 0.5) is 5.69 Å². The number of H-pyrrole nitrogens is 1. The first-order valence-electron chi connectivity index (χ1n) is 5.43. The fraction of sp³-hybridized carbons (Fsp3) is 0.250. The number of hydrogen-bond donors (Lipinski definition) is 1. The number of benzene rings is 1. The van der Waals surface area contributed by atoms with Crippen LogP contribution in [-0.4, -0.2) is 24.7 Å². The zero-order chi connectivity index (χ0) is 13.1. The highest BCUT2D eigenvalue weighted by atomic mass is 16.5. The number of carbonyl (C=O) groups excluding carboxylic acids is 1. The summed E-state index contributed by atoms with van der Waals surface area (Å²) in [5.74, 6) is 0.0577. The molecule has 0 aliphatic heterocycles. The smallest absolute Gasteiger partial charge is 0.425 e. The lowest BCUT2D eigenvalue weighted by Crippen LogP contribution is -2.04. The van der Waals surface area contributed by atoms with E-state index in [1.54, 1.807) is 25.1 Å². The van der Waals surface area contributed by atoms with Crippen LogP contribution in [0.2, 0.25) is 0 Å². The van der Waals surface area contributed by atoms with Crippen LogP contribution < -0.4 is 4.74 Å². The van der Waals surface area contributed by atoms with E-state index >= 15 is 0 Å². The molecule has 92 valence electrons. The van der Waals surface area contributed by atoms with E-state index in [-0.39, 0.29) is 18.0 Å². The first-order valence-corrected chi connectivity index (χ1v) is 5.43. The lowest BCUT2D eigenvalue weighted by molar-refractivity contribution is 0.0522. The van der Waals surface area contributed by atoms with E-state index in [1.165, 1.54) is 7.11 Å². The molecule has 1 N–H and O–H groups in total. The predicted octanol–water partition coefficient (Wildman–Crippen LogP) is 2.84. The Balaban J connectivity index is 2.62. The molecule has 0 amide bonds. The number of ether oxygens (including phenoxy) is 2. The van der Waals surface area contributed by atoms with Gasteiger partial charge in [0.05, 0.1) is 24.6 Å². The predicted molar refractivity (Wildman–Crippen MR) is 65.6 cm³/mol. The molecule has 0 atom stereocenters. The van der Waals surface area contributed by atoms with Crippen molar-refractivity contribution in [2.24, 2.45) is 0 Å². The molecule has 0 saturated carbocycles. The van der Waals surface area contributed by atoms with Crippen molar-refractivity contribution in [1.29, 1.82) is 5.39 Å². The van der Waals surface area contributed by atoms with Gasteiger partial charge in [0.25, 0.3) is 0 Å². The monoisotopic (exact) mass is 246 g/mol. The molecule has 6 nitrogen and oxygen atoms in total. The van der Waals surface area contributed by atoms with Crippen LogP contribution >= 0.6 is 0 Å². The number of rotatable bonds is 3. The molecular formula is C12H12N3O3+. The summed E-state index contributed by atoms with van der Waals surface area (Å²) >= 11 is 0. The Labute approximate surface area is 103 Å². The van der Waals surface area contributed by atoms with E-state index in [9.17, 15) is 4.79 Å². The summed E-state index contributed by atoms with van der Waals surface area (Å²) in [5.41, 5.74) is 0.955. The highest BCUT2D eigenvalue weighted by Gasteiger charge is 2.28. The number of nitrogens with one attached hydrogen (secondary N) is 1. The number of aromatic nitrogens is 1. The van der Waals surface area contributed by atoms with Gasteiger partial charge in [-0.3, -0.25) is 0 Å². The van der Waals surface area contributed by atoms with Crippen LogP contribution in [0.1, 0.15) is 17.4 Å². The largest absolute Gasteiger partial charge is 0.497 e. The first kappa shape index (κ1) is 11.9. The molecule has 0 aliphatic carbocycles. The van der Waals surface area contributed by atoms with Gasteiger partial charge < -0.3 is 14.5 Å². The van der Waals surface area contributed by atoms with Crippen molar-refractivity contribution >= 4 is 22.6 Å². The molecular weight excluding hydrogens is 234 g/mol. The normalized spacial score (nSPS) is 10.1. The van der Waals surface area contributed by atoms with Crippen LogP contribution in [0.15, 0.2) is 18.2 Å². The fourth-order valence-electron chi connectivity index (χ4n) is 1.74. The number of aromatic amines is 1. The van der Waals surface area contributed by atoms with Gasteiger partial charge in [0.2, 0.25) is 11.1 Å². The van der Waals surface area contributed by atoms with Gasteiger partial charge in [-0.05, 0) is 25.1 Å². The molecule has 18 heavy (non-hydrogen) atoms. The zero-order valence-electron chi connectivity index (χ0n) is 10.1. The number of nitrogens with zero attached hydrogens (tertiary/aromatic N) is 2. The highest BCUT2D eigenvalue weighted by Crippen LogP contribution is 2.33. The number of methoxy groups -OCH3 is 1. The second-order valence-corrected chi connectivity index (χ2v) is 3.58. The maximum Gasteiger partial charge on any atom is 0.425 e. The first-order chi connectivity index (χ1) is 8.71. The second-order valence-electron chi connectivity index (χ2n) is 3.58. The quantitative estimate of drug-likeness (QED) is 0.667. The molecule has 0 aliphatic rings. The summed E-state index contributed by atoms with van der Waals surface area (Å²) in [5, 5.41) is 9.64. The Morgan fingerprint density at radius 1 is 1.50 bits per heavy atom. The Hall–Kier alpha value is -2.55. The minimum absolute atomic E-state index is 0.127. The van der Waals surface area contributed by atoms with Crippen LogP contribution in [0.3, 0.4) is 0 Å².